The molecule has 0 bridgehead atoms. The van der Waals surface area contributed by atoms with Crippen LogP contribution in [0.2, 0.25) is 0 Å². The second kappa shape index (κ2) is 9.70. The first-order chi connectivity index (χ1) is 15.4. The van der Waals surface area contributed by atoms with Gasteiger partial charge in [0.1, 0.15) is 0 Å². The molecule has 0 atom stereocenters. The van der Waals surface area contributed by atoms with E-state index in [0.717, 1.165) is 31.6 Å². The lowest BCUT2D eigenvalue weighted by atomic mass is 10.2. The van der Waals surface area contributed by atoms with Gasteiger partial charge < -0.3 is 15.1 Å². The topological polar surface area (TPSA) is 90.0 Å². The first-order valence-electron chi connectivity index (χ1n) is 10.9. The second-order valence-electron chi connectivity index (χ2n) is 8.02. The van der Waals surface area contributed by atoms with E-state index in [2.05, 4.69) is 22.3 Å². The molecule has 4 rings (SSSR count). The molecule has 1 N–H and O–H groups in total. The highest BCUT2D eigenvalue weighted by atomic mass is 32.2. The number of piperazine rings is 1. The summed E-state index contributed by atoms with van der Waals surface area (Å²) in [5.74, 6) is -0.523. The predicted molar refractivity (Wildman–Crippen MR) is 122 cm³/mol. The van der Waals surface area contributed by atoms with Crippen molar-refractivity contribution in [3.05, 3.63) is 60.2 Å². The molecule has 2 amide bonds. The van der Waals surface area contributed by atoms with Gasteiger partial charge in [0.05, 0.1) is 11.4 Å². The average molecular weight is 457 g/mol. The zero-order valence-corrected chi connectivity index (χ0v) is 18.8. The minimum atomic E-state index is -3.51. The first-order valence-corrected chi connectivity index (χ1v) is 12.4. The number of benzene rings is 2. The number of hydrogen-bond acceptors (Lipinski definition) is 5. The maximum Gasteiger partial charge on any atom is 0.251 e. The molecule has 8 nitrogen and oxygen atoms in total. The highest BCUT2D eigenvalue weighted by Crippen LogP contribution is 2.21. The third kappa shape index (κ3) is 4.94. The molecule has 170 valence electrons. The molecule has 32 heavy (non-hydrogen) atoms. The Bertz CT molecular complexity index is 1040. The van der Waals surface area contributed by atoms with E-state index in [9.17, 15) is 18.0 Å². The van der Waals surface area contributed by atoms with Crippen LogP contribution in [0.1, 0.15) is 23.2 Å². The van der Waals surface area contributed by atoms with E-state index in [-0.39, 0.29) is 17.3 Å². The Kier molecular flexibility index (Phi) is 6.76. The van der Waals surface area contributed by atoms with E-state index in [0.29, 0.717) is 31.7 Å². The Morgan fingerprint density at radius 1 is 0.812 bits per heavy atom. The number of amides is 2. The van der Waals surface area contributed by atoms with Crippen LogP contribution >= 0.6 is 0 Å². The van der Waals surface area contributed by atoms with Crippen molar-refractivity contribution in [2.75, 3.05) is 50.7 Å². The molecule has 2 aliphatic heterocycles. The lowest BCUT2D eigenvalue weighted by Gasteiger charge is -2.36. The van der Waals surface area contributed by atoms with Crippen molar-refractivity contribution in [1.29, 1.82) is 0 Å². The molecule has 0 saturated carbocycles. The molecule has 0 unspecified atom stereocenters. The maximum absolute atomic E-state index is 12.6. The van der Waals surface area contributed by atoms with Crippen molar-refractivity contribution in [2.24, 2.45) is 0 Å². The number of carbonyl (C=O) groups excluding carboxylic acids is 2. The van der Waals surface area contributed by atoms with Crippen LogP contribution in [0.15, 0.2) is 59.5 Å². The summed E-state index contributed by atoms with van der Waals surface area (Å²) in [5, 5.41) is 2.65. The van der Waals surface area contributed by atoms with Gasteiger partial charge in [-0.15, -0.1) is 0 Å². The number of nitrogens with one attached hydrogen (secondary N) is 1. The predicted octanol–water partition coefficient (Wildman–Crippen LogP) is 1.55. The Labute approximate surface area is 188 Å². The molecule has 2 aromatic rings. The summed E-state index contributed by atoms with van der Waals surface area (Å²) in [6.07, 6.45) is 1.74. The van der Waals surface area contributed by atoms with Gasteiger partial charge in [-0.1, -0.05) is 18.2 Å². The number of sulfonamides is 1. The number of anilines is 1. The number of hydrogen-bond donors (Lipinski definition) is 1. The quantitative estimate of drug-likeness (QED) is 0.712. The van der Waals surface area contributed by atoms with Crippen molar-refractivity contribution in [2.45, 2.75) is 17.7 Å². The van der Waals surface area contributed by atoms with Gasteiger partial charge in [-0.05, 0) is 49.2 Å². The minimum Gasteiger partial charge on any atom is -0.368 e. The van der Waals surface area contributed by atoms with E-state index in [1.165, 1.54) is 28.6 Å². The normalized spacial score (nSPS) is 17.4. The van der Waals surface area contributed by atoms with Crippen LogP contribution in [0.5, 0.6) is 0 Å². The van der Waals surface area contributed by atoms with Crippen LogP contribution < -0.4 is 10.2 Å². The van der Waals surface area contributed by atoms with E-state index >= 15 is 0 Å². The molecular formula is C23H28N4O4S. The summed E-state index contributed by atoms with van der Waals surface area (Å²) in [6.45, 7) is 3.68. The summed E-state index contributed by atoms with van der Waals surface area (Å²) in [5.41, 5.74) is 1.47. The molecule has 0 radical (unpaired) electrons. The van der Waals surface area contributed by atoms with E-state index in [1.54, 1.807) is 4.90 Å². The summed E-state index contributed by atoms with van der Waals surface area (Å²) in [6, 6.07) is 16.0. The summed E-state index contributed by atoms with van der Waals surface area (Å²) in [7, 11) is -3.51. The molecule has 0 spiro atoms. The van der Waals surface area contributed by atoms with Crippen molar-refractivity contribution < 1.29 is 18.0 Å². The molecule has 2 saturated heterocycles. The number of nitrogens with zero attached hydrogens (tertiary/aromatic N) is 3. The molecular weight excluding hydrogens is 428 g/mol. The van der Waals surface area contributed by atoms with Gasteiger partial charge in [-0.2, -0.15) is 4.31 Å². The van der Waals surface area contributed by atoms with Gasteiger partial charge in [0.2, 0.25) is 15.9 Å². The van der Waals surface area contributed by atoms with Gasteiger partial charge in [0, 0.05) is 50.5 Å². The summed E-state index contributed by atoms with van der Waals surface area (Å²) >= 11 is 0. The van der Waals surface area contributed by atoms with Gasteiger partial charge >= 0.3 is 0 Å². The lowest BCUT2D eigenvalue weighted by Crippen LogP contribution is -2.51. The molecule has 2 fully saturated rings. The first kappa shape index (κ1) is 22.3. The number of rotatable bonds is 6. The van der Waals surface area contributed by atoms with Crippen molar-refractivity contribution in [3.8, 4) is 0 Å². The fourth-order valence-electron chi connectivity index (χ4n) is 4.08. The Morgan fingerprint density at radius 2 is 1.44 bits per heavy atom. The lowest BCUT2D eigenvalue weighted by molar-refractivity contribution is -0.130. The fourth-order valence-corrected chi connectivity index (χ4v) is 5.60. The third-order valence-electron chi connectivity index (χ3n) is 5.97. The van der Waals surface area contributed by atoms with E-state index in [4.69, 9.17) is 0 Å². The standard InChI is InChI=1S/C23H28N4O4S/c28-22(26-16-14-25(15-17-26)20-6-2-1-3-7-20)18-24-23(29)19-8-10-21(11-9-19)32(30,31)27-12-4-5-13-27/h1-3,6-11H,4-5,12-18H2,(H,24,29). The second-order valence-corrected chi connectivity index (χ2v) is 9.96. The largest absolute Gasteiger partial charge is 0.368 e. The molecule has 9 heteroatoms. The zero-order valence-electron chi connectivity index (χ0n) is 17.9. The van der Waals surface area contributed by atoms with Crippen LogP contribution in [0.4, 0.5) is 5.69 Å². The van der Waals surface area contributed by atoms with E-state index in [1.807, 2.05) is 18.2 Å². The third-order valence-corrected chi connectivity index (χ3v) is 7.89. The Morgan fingerprint density at radius 3 is 2.06 bits per heavy atom. The highest BCUT2D eigenvalue weighted by molar-refractivity contribution is 7.89. The SMILES string of the molecule is O=C(NCC(=O)N1CCN(c2ccccc2)CC1)c1ccc(S(=O)(=O)N2CCCC2)cc1. The fraction of sp³-hybridized carbons (Fsp3) is 0.391. The van der Waals surface area contributed by atoms with Crippen LogP contribution in [0.25, 0.3) is 0 Å². The number of carbonyl (C=O) groups is 2. The van der Waals surface area contributed by atoms with E-state index < -0.39 is 15.9 Å². The maximum atomic E-state index is 12.6. The molecule has 2 aliphatic rings. The van der Waals surface area contributed by atoms with Crippen molar-refractivity contribution >= 4 is 27.5 Å². The highest BCUT2D eigenvalue weighted by Gasteiger charge is 2.27. The van der Waals surface area contributed by atoms with Gasteiger partial charge in [0.25, 0.3) is 5.91 Å². The van der Waals surface area contributed by atoms with Crippen LogP contribution in [-0.2, 0) is 14.8 Å². The summed E-state index contributed by atoms with van der Waals surface area (Å²) in [4.78, 5) is 29.1. The smallest absolute Gasteiger partial charge is 0.251 e. The van der Waals surface area contributed by atoms with Gasteiger partial charge in [-0.3, -0.25) is 9.59 Å². The Balaban J connectivity index is 1.27. The van der Waals surface area contributed by atoms with Gasteiger partial charge in [-0.25, -0.2) is 8.42 Å². The molecule has 2 aromatic carbocycles. The minimum absolute atomic E-state index is 0.0853. The Hall–Kier alpha value is -2.91. The van der Waals surface area contributed by atoms with Crippen molar-refractivity contribution in [3.63, 3.8) is 0 Å². The zero-order chi connectivity index (χ0) is 22.6. The van der Waals surface area contributed by atoms with Gasteiger partial charge in [0.15, 0.2) is 0 Å². The van der Waals surface area contributed by atoms with Crippen LogP contribution in [-0.4, -0.2) is 75.3 Å². The van der Waals surface area contributed by atoms with Crippen LogP contribution in [0.3, 0.4) is 0 Å². The summed E-state index contributed by atoms with van der Waals surface area (Å²) < 4.78 is 26.7. The number of para-hydroxylation sites is 1. The molecule has 2 heterocycles. The average Bonchev–Trinajstić information content (AvgIpc) is 3.39. The van der Waals surface area contributed by atoms with Crippen LogP contribution in [0, 0.1) is 0 Å². The monoisotopic (exact) mass is 456 g/mol. The van der Waals surface area contributed by atoms with Crippen molar-refractivity contribution in [1.82, 2.24) is 14.5 Å². The molecule has 0 aromatic heterocycles. The molecule has 0 aliphatic carbocycles.